The minimum Gasteiger partial charge on any atom is -0.454 e. The molecule has 1 aromatic rings. The minimum absolute atomic E-state index is 0.165. The summed E-state index contributed by atoms with van der Waals surface area (Å²) in [6.07, 6.45) is 0. The number of rotatable bonds is 5. The van der Waals surface area contributed by atoms with Crippen molar-refractivity contribution < 1.29 is 19.1 Å². The molecule has 2 amide bonds. The van der Waals surface area contributed by atoms with Crippen LogP contribution in [-0.4, -0.2) is 47.5 Å². The zero-order chi connectivity index (χ0) is 16.8. The van der Waals surface area contributed by atoms with E-state index in [2.05, 4.69) is 5.32 Å². The predicted octanol–water partition coefficient (Wildman–Crippen LogP) is 1.86. The van der Waals surface area contributed by atoms with E-state index in [1.54, 1.807) is 0 Å². The summed E-state index contributed by atoms with van der Waals surface area (Å²) in [5.41, 5.74) is 0.686. The summed E-state index contributed by atoms with van der Waals surface area (Å²) >= 11 is 6.99. The van der Waals surface area contributed by atoms with Crippen LogP contribution < -0.4 is 5.32 Å². The molecule has 0 unspecified atom stereocenters. The summed E-state index contributed by atoms with van der Waals surface area (Å²) in [6.45, 7) is -0.137. The Hall–Kier alpha value is -2.24. The molecular formula is C14H12ClN3O4S. The molecule has 0 aromatic heterocycles. The maximum Gasteiger partial charge on any atom is 0.326 e. The van der Waals surface area contributed by atoms with Crippen LogP contribution >= 0.6 is 23.4 Å². The summed E-state index contributed by atoms with van der Waals surface area (Å²) in [7, 11) is 0. The average Bonchev–Trinajstić information content (AvgIpc) is 2.90. The highest BCUT2D eigenvalue weighted by molar-refractivity contribution is 8.13. The largest absolute Gasteiger partial charge is 0.454 e. The summed E-state index contributed by atoms with van der Waals surface area (Å²) in [5, 5.41) is 11.3. The van der Waals surface area contributed by atoms with Crippen molar-refractivity contribution in [1.29, 1.82) is 5.26 Å². The lowest BCUT2D eigenvalue weighted by Gasteiger charge is -2.13. The summed E-state index contributed by atoms with van der Waals surface area (Å²) in [6, 6.07) is 6.33. The quantitative estimate of drug-likeness (QED) is 0.811. The van der Waals surface area contributed by atoms with Crippen molar-refractivity contribution in [3.63, 3.8) is 0 Å². The van der Waals surface area contributed by atoms with Gasteiger partial charge in [0, 0.05) is 18.0 Å². The fraction of sp³-hybridized carbons (Fsp3) is 0.286. The van der Waals surface area contributed by atoms with Crippen molar-refractivity contribution in [1.82, 2.24) is 4.90 Å². The number of nitrogens with one attached hydrogen (secondary N) is 1. The minimum atomic E-state index is -0.645. The molecule has 1 heterocycles. The molecule has 1 saturated heterocycles. The second kappa shape index (κ2) is 7.85. The predicted molar refractivity (Wildman–Crippen MR) is 85.2 cm³/mol. The van der Waals surface area contributed by atoms with Gasteiger partial charge in [0.05, 0.1) is 10.6 Å². The molecule has 2 rings (SSSR count). The molecular weight excluding hydrogens is 342 g/mol. The summed E-state index contributed by atoms with van der Waals surface area (Å²) < 4.78 is 4.82. The van der Waals surface area contributed by atoms with Crippen molar-refractivity contribution in [2.24, 2.45) is 0 Å². The number of carbonyl (C=O) groups excluding carboxylic acids is 3. The monoisotopic (exact) mass is 353 g/mol. The molecule has 1 aliphatic heterocycles. The van der Waals surface area contributed by atoms with Gasteiger partial charge in [0.1, 0.15) is 12.6 Å². The van der Waals surface area contributed by atoms with Crippen LogP contribution in [0.4, 0.5) is 10.5 Å². The first-order valence-electron chi connectivity index (χ1n) is 6.56. The number of halogens is 1. The van der Waals surface area contributed by atoms with E-state index >= 15 is 0 Å². The number of hydrogen-bond donors (Lipinski definition) is 1. The van der Waals surface area contributed by atoms with Crippen LogP contribution in [0.3, 0.4) is 0 Å². The molecule has 0 radical (unpaired) electrons. The van der Waals surface area contributed by atoms with E-state index in [1.165, 1.54) is 23.1 Å². The third kappa shape index (κ3) is 4.87. The van der Waals surface area contributed by atoms with Crippen molar-refractivity contribution in [3.8, 4) is 6.07 Å². The SMILES string of the molecule is N#Cc1ccc(NC(=O)COC(=O)CN2CCSC2=O)cc1Cl. The highest BCUT2D eigenvalue weighted by atomic mass is 35.5. The number of anilines is 1. The number of hydrogen-bond acceptors (Lipinski definition) is 6. The molecule has 0 atom stereocenters. The zero-order valence-corrected chi connectivity index (χ0v) is 13.4. The Bertz CT molecular complexity index is 689. The van der Waals surface area contributed by atoms with Gasteiger partial charge in [-0.3, -0.25) is 14.4 Å². The number of carbonyl (C=O) groups is 3. The van der Waals surface area contributed by atoms with E-state index in [0.29, 0.717) is 23.5 Å². The lowest BCUT2D eigenvalue weighted by molar-refractivity contribution is -0.147. The molecule has 1 N–H and O–H groups in total. The van der Waals surface area contributed by atoms with E-state index in [1.807, 2.05) is 6.07 Å². The van der Waals surface area contributed by atoms with Crippen LogP contribution in [0, 0.1) is 11.3 Å². The molecule has 120 valence electrons. The van der Waals surface area contributed by atoms with Gasteiger partial charge in [-0.2, -0.15) is 5.26 Å². The molecule has 1 fully saturated rings. The maximum absolute atomic E-state index is 11.7. The first-order chi connectivity index (χ1) is 11.0. The smallest absolute Gasteiger partial charge is 0.326 e. The maximum atomic E-state index is 11.7. The van der Waals surface area contributed by atoms with Gasteiger partial charge in [-0.25, -0.2) is 0 Å². The van der Waals surface area contributed by atoms with E-state index < -0.39 is 18.5 Å². The summed E-state index contributed by atoms with van der Waals surface area (Å²) in [4.78, 5) is 36.0. The average molecular weight is 354 g/mol. The van der Waals surface area contributed by atoms with Crippen LogP contribution in [0.1, 0.15) is 5.56 Å². The molecule has 1 aliphatic rings. The first-order valence-corrected chi connectivity index (χ1v) is 7.93. The van der Waals surface area contributed by atoms with Gasteiger partial charge >= 0.3 is 5.97 Å². The third-order valence-electron chi connectivity index (χ3n) is 2.90. The molecule has 0 saturated carbocycles. The number of ether oxygens (including phenoxy) is 1. The zero-order valence-electron chi connectivity index (χ0n) is 11.9. The van der Waals surface area contributed by atoms with Crippen molar-refractivity contribution in [3.05, 3.63) is 28.8 Å². The van der Waals surface area contributed by atoms with Crippen LogP contribution in [0.25, 0.3) is 0 Å². The lowest BCUT2D eigenvalue weighted by Crippen LogP contribution is -2.32. The van der Waals surface area contributed by atoms with E-state index in [4.69, 9.17) is 21.6 Å². The molecule has 7 nitrogen and oxygen atoms in total. The number of thioether (sulfide) groups is 1. The van der Waals surface area contributed by atoms with Gasteiger partial charge < -0.3 is 15.0 Å². The summed E-state index contributed by atoms with van der Waals surface area (Å²) in [5.74, 6) is -0.540. The van der Waals surface area contributed by atoms with Crippen LogP contribution in [0.15, 0.2) is 18.2 Å². The Labute approximate surface area is 141 Å². The highest BCUT2D eigenvalue weighted by Crippen LogP contribution is 2.20. The van der Waals surface area contributed by atoms with Gasteiger partial charge in [-0.15, -0.1) is 0 Å². The van der Waals surface area contributed by atoms with Gasteiger partial charge in [-0.1, -0.05) is 23.4 Å². The number of nitriles is 1. The molecule has 23 heavy (non-hydrogen) atoms. The Morgan fingerprint density at radius 2 is 2.26 bits per heavy atom. The van der Waals surface area contributed by atoms with Crippen LogP contribution in [0.2, 0.25) is 5.02 Å². The number of esters is 1. The van der Waals surface area contributed by atoms with E-state index in [9.17, 15) is 14.4 Å². The second-order valence-corrected chi connectivity index (χ2v) is 6.00. The highest BCUT2D eigenvalue weighted by Gasteiger charge is 2.24. The standard InChI is InChI=1S/C14H12ClN3O4S/c15-11-5-10(2-1-9(11)6-16)17-12(19)8-22-13(20)7-18-3-4-23-14(18)21/h1-2,5H,3-4,7-8H2,(H,17,19). The Kier molecular flexibility index (Phi) is 5.84. The second-order valence-electron chi connectivity index (χ2n) is 4.55. The van der Waals surface area contributed by atoms with Crippen molar-refractivity contribution in [2.75, 3.05) is 30.8 Å². The third-order valence-corrected chi connectivity index (χ3v) is 4.11. The Morgan fingerprint density at radius 1 is 1.48 bits per heavy atom. The van der Waals surface area contributed by atoms with Crippen LogP contribution in [0.5, 0.6) is 0 Å². The lowest BCUT2D eigenvalue weighted by atomic mass is 10.2. The first kappa shape index (κ1) is 17.1. The van der Waals surface area contributed by atoms with Crippen LogP contribution in [-0.2, 0) is 14.3 Å². The van der Waals surface area contributed by atoms with Gasteiger partial charge in [0.25, 0.3) is 11.1 Å². The number of benzene rings is 1. The van der Waals surface area contributed by atoms with E-state index in [-0.39, 0.29) is 16.8 Å². The van der Waals surface area contributed by atoms with Crippen molar-refractivity contribution in [2.45, 2.75) is 0 Å². The fourth-order valence-electron chi connectivity index (χ4n) is 1.80. The van der Waals surface area contributed by atoms with E-state index in [0.717, 1.165) is 11.8 Å². The molecule has 0 aliphatic carbocycles. The topological polar surface area (TPSA) is 99.5 Å². The molecule has 0 bridgehead atoms. The Morgan fingerprint density at radius 3 is 2.87 bits per heavy atom. The van der Waals surface area contributed by atoms with Gasteiger partial charge in [0.15, 0.2) is 6.61 Å². The van der Waals surface area contributed by atoms with Gasteiger partial charge in [-0.05, 0) is 18.2 Å². The Balaban J connectivity index is 1.78. The van der Waals surface area contributed by atoms with Gasteiger partial charge in [0.2, 0.25) is 0 Å². The number of amides is 2. The molecule has 1 aromatic carbocycles. The molecule has 9 heteroatoms. The van der Waals surface area contributed by atoms with Crippen molar-refractivity contribution >= 4 is 46.2 Å². The fourth-order valence-corrected chi connectivity index (χ4v) is 2.84. The number of nitrogens with zero attached hydrogens (tertiary/aromatic N) is 2. The molecule has 0 spiro atoms. The normalized spacial score (nSPS) is 13.6.